The maximum atomic E-state index is 10.4. The van der Waals surface area contributed by atoms with Crippen molar-refractivity contribution in [1.29, 1.82) is 0 Å². The van der Waals surface area contributed by atoms with Gasteiger partial charge in [-0.1, -0.05) is 85.8 Å². The first-order chi connectivity index (χ1) is 12.6. The van der Waals surface area contributed by atoms with E-state index in [9.17, 15) is 9.59 Å². The van der Waals surface area contributed by atoms with E-state index in [1.54, 1.807) is 0 Å². The number of carboxylic acids is 2. The molecule has 0 amide bonds. The molecule has 0 heterocycles. The molecule has 0 spiro atoms. The highest BCUT2D eigenvalue weighted by molar-refractivity contribution is 8.76. The lowest BCUT2D eigenvalue weighted by Crippen LogP contribution is -1.93. The zero-order valence-corrected chi connectivity index (χ0v) is 17.9. The second kappa shape index (κ2) is 20.9. The molecule has 6 heteroatoms. The van der Waals surface area contributed by atoms with Gasteiger partial charge in [0.25, 0.3) is 0 Å². The third-order valence-corrected chi connectivity index (χ3v) is 6.90. The predicted octanol–water partition coefficient (Wildman–Crippen LogP) is 6.78. The van der Waals surface area contributed by atoms with E-state index < -0.39 is 11.9 Å². The summed E-state index contributed by atoms with van der Waals surface area (Å²) in [4.78, 5) is 20.8. The van der Waals surface area contributed by atoms with E-state index in [-0.39, 0.29) is 0 Å². The lowest BCUT2D eigenvalue weighted by atomic mass is 10.1. The Labute approximate surface area is 167 Å². The van der Waals surface area contributed by atoms with Crippen molar-refractivity contribution < 1.29 is 19.8 Å². The van der Waals surface area contributed by atoms with E-state index in [0.29, 0.717) is 12.8 Å². The molecule has 0 aliphatic rings. The molecule has 0 aromatic carbocycles. The van der Waals surface area contributed by atoms with Crippen LogP contribution in [0.3, 0.4) is 0 Å². The molecular formula is C20H38O4S2. The minimum atomic E-state index is -0.674. The first-order valence-corrected chi connectivity index (χ1v) is 12.8. The lowest BCUT2D eigenvalue weighted by Gasteiger charge is -2.03. The molecule has 0 saturated heterocycles. The molecule has 0 fully saturated rings. The quantitative estimate of drug-likeness (QED) is 0.162. The van der Waals surface area contributed by atoms with Gasteiger partial charge in [-0.3, -0.25) is 9.59 Å². The Kier molecular flexibility index (Phi) is 20.7. The average molecular weight is 407 g/mol. The van der Waals surface area contributed by atoms with Crippen LogP contribution in [0.15, 0.2) is 0 Å². The molecule has 0 bridgehead atoms. The Morgan fingerprint density at radius 1 is 0.462 bits per heavy atom. The maximum absolute atomic E-state index is 10.4. The zero-order chi connectivity index (χ0) is 19.3. The minimum Gasteiger partial charge on any atom is -0.481 e. The Hall–Kier alpha value is -0.360. The van der Waals surface area contributed by atoms with Gasteiger partial charge in [-0.2, -0.15) is 0 Å². The van der Waals surface area contributed by atoms with Crippen molar-refractivity contribution in [2.75, 3.05) is 11.5 Å². The highest BCUT2D eigenvalue weighted by Gasteiger charge is 1.98. The fraction of sp³-hybridized carbons (Fsp3) is 0.900. The number of hydrogen-bond acceptors (Lipinski definition) is 4. The van der Waals surface area contributed by atoms with Gasteiger partial charge in [0.15, 0.2) is 0 Å². The molecule has 26 heavy (non-hydrogen) atoms. The Balaban J connectivity index is 3.01. The fourth-order valence-electron chi connectivity index (χ4n) is 2.76. The van der Waals surface area contributed by atoms with Gasteiger partial charge in [-0.05, 0) is 25.7 Å². The summed E-state index contributed by atoms with van der Waals surface area (Å²) in [5.41, 5.74) is 0. The molecule has 0 rings (SSSR count). The van der Waals surface area contributed by atoms with Crippen LogP contribution in [0.25, 0.3) is 0 Å². The molecule has 4 nitrogen and oxygen atoms in total. The lowest BCUT2D eigenvalue weighted by molar-refractivity contribution is -0.138. The number of rotatable bonds is 21. The third kappa shape index (κ3) is 23.6. The van der Waals surface area contributed by atoms with Crippen molar-refractivity contribution in [3.05, 3.63) is 0 Å². The Bertz CT molecular complexity index is 306. The molecule has 0 saturated carbocycles. The summed E-state index contributed by atoms with van der Waals surface area (Å²) in [6, 6.07) is 0. The second-order valence-electron chi connectivity index (χ2n) is 6.88. The Morgan fingerprint density at radius 3 is 1.04 bits per heavy atom. The minimum absolute atomic E-state index is 0.320. The van der Waals surface area contributed by atoms with Crippen LogP contribution in [0.5, 0.6) is 0 Å². The normalized spacial score (nSPS) is 10.9. The van der Waals surface area contributed by atoms with E-state index in [2.05, 4.69) is 0 Å². The number of aliphatic carboxylic acids is 2. The van der Waals surface area contributed by atoms with Crippen molar-refractivity contribution >= 4 is 33.5 Å². The standard InChI is InChI=1S/C20H38O4S2/c21-19(22)15-11-7-3-1-5-9-13-17-25-26-18-14-10-6-2-4-8-12-16-20(23)24/h1-18H2,(H,21,22)(H,23,24). The van der Waals surface area contributed by atoms with Crippen LogP contribution < -0.4 is 0 Å². The number of carbonyl (C=O) groups is 2. The first-order valence-electron chi connectivity index (χ1n) is 10.3. The molecule has 0 aromatic rings. The molecule has 0 aromatic heterocycles. The second-order valence-corrected chi connectivity index (χ2v) is 9.58. The van der Waals surface area contributed by atoms with E-state index in [1.807, 2.05) is 21.6 Å². The molecule has 2 N–H and O–H groups in total. The summed E-state index contributed by atoms with van der Waals surface area (Å²) in [7, 11) is 4.00. The van der Waals surface area contributed by atoms with E-state index in [4.69, 9.17) is 10.2 Å². The molecule has 0 radical (unpaired) electrons. The summed E-state index contributed by atoms with van der Waals surface area (Å²) in [6.07, 6.45) is 17.0. The highest BCUT2D eigenvalue weighted by Crippen LogP contribution is 2.24. The smallest absolute Gasteiger partial charge is 0.303 e. The summed E-state index contributed by atoms with van der Waals surface area (Å²) >= 11 is 0. The molecule has 154 valence electrons. The third-order valence-electron chi connectivity index (χ3n) is 4.32. The van der Waals surface area contributed by atoms with Gasteiger partial charge >= 0.3 is 11.9 Å². The number of carboxylic acid groups (broad SMARTS) is 2. The number of hydrogen-bond donors (Lipinski definition) is 2. The molecule has 0 atom stereocenters. The van der Waals surface area contributed by atoms with Crippen LogP contribution in [0, 0.1) is 0 Å². The molecule has 0 aliphatic heterocycles. The summed E-state index contributed by atoms with van der Waals surface area (Å²) < 4.78 is 0. The van der Waals surface area contributed by atoms with Gasteiger partial charge in [0, 0.05) is 24.3 Å². The van der Waals surface area contributed by atoms with Crippen LogP contribution >= 0.6 is 21.6 Å². The van der Waals surface area contributed by atoms with Crippen LogP contribution in [0.1, 0.15) is 103 Å². The highest BCUT2D eigenvalue weighted by atomic mass is 33.1. The van der Waals surface area contributed by atoms with Crippen molar-refractivity contribution in [1.82, 2.24) is 0 Å². The van der Waals surface area contributed by atoms with E-state index >= 15 is 0 Å². The van der Waals surface area contributed by atoms with Crippen molar-refractivity contribution in [2.24, 2.45) is 0 Å². The summed E-state index contributed by atoms with van der Waals surface area (Å²) in [5.74, 6) is 1.14. The van der Waals surface area contributed by atoms with Gasteiger partial charge in [0.2, 0.25) is 0 Å². The maximum Gasteiger partial charge on any atom is 0.303 e. The van der Waals surface area contributed by atoms with Crippen molar-refractivity contribution in [3.63, 3.8) is 0 Å². The van der Waals surface area contributed by atoms with Crippen molar-refractivity contribution in [3.8, 4) is 0 Å². The van der Waals surface area contributed by atoms with E-state index in [1.165, 1.54) is 75.7 Å². The first kappa shape index (κ1) is 25.6. The average Bonchev–Trinajstić information content (AvgIpc) is 2.59. The molecule has 0 aliphatic carbocycles. The monoisotopic (exact) mass is 406 g/mol. The Morgan fingerprint density at radius 2 is 0.731 bits per heavy atom. The van der Waals surface area contributed by atoms with Crippen molar-refractivity contribution in [2.45, 2.75) is 103 Å². The SMILES string of the molecule is O=C(O)CCCCCCCCCSSCCCCCCCCCC(=O)O. The van der Waals surface area contributed by atoms with Gasteiger partial charge in [0.05, 0.1) is 0 Å². The predicted molar refractivity (Wildman–Crippen MR) is 114 cm³/mol. The van der Waals surface area contributed by atoms with Gasteiger partial charge in [0.1, 0.15) is 0 Å². The van der Waals surface area contributed by atoms with Crippen LogP contribution in [0.4, 0.5) is 0 Å². The summed E-state index contributed by atoms with van der Waals surface area (Å²) in [5, 5.41) is 17.1. The van der Waals surface area contributed by atoms with Crippen LogP contribution in [0.2, 0.25) is 0 Å². The fourth-order valence-corrected chi connectivity index (χ4v) is 5.05. The summed E-state index contributed by atoms with van der Waals surface area (Å²) in [6.45, 7) is 0. The van der Waals surface area contributed by atoms with Gasteiger partial charge < -0.3 is 10.2 Å². The zero-order valence-electron chi connectivity index (χ0n) is 16.3. The van der Waals surface area contributed by atoms with Crippen LogP contribution in [-0.4, -0.2) is 33.7 Å². The van der Waals surface area contributed by atoms with Gasteiger partial charge in [-0.25, -0.2) is 0 Å². The topological polar surface area (TPSA) is 74.6 Å². The number of unbranched alkanes of at least 4 members (excludes halogenated alkanes) is 12. The van der Waals surface area contributed by atoms with Gasteiger partial charge in [-0.15, -0.1) is 0 Å². The largest absolute Gasteiger partial charge is 0.481 e. The van der Waals surface area contributed by atoms with E-state index in [0.717, 1.165) is 25.7 Å². The van der Waals surface area contributed by atoms with Crippen LogP contribution in [-0.2, 0) is 9.59 Å². The molecular weight excluding hydrogens is 368 g/mol. The molecule has 0 unspecified atom stereocenters.